The monoisotopic (exact) mass is 208 g/mol. The Hall–Kier alpha value is -1.32. The number of imidazole rings is 1. The van der Waals surface area contributed by atoms with Gasteiger partial charge in [-0.1, -0.05) is 12.8 Å². The minimum atomic E-state index is -0.749. The highest BCUT2D eigenvalue weighted by Gasteiger charge is 2.21. The molecule has 1 N–H and O–H groups in total. The first kappa shape index (κ1) is 10.2. The topological polar surface area (TPSA) is 55.1 Å². The largest absolute Gasteiger partial charge is 0.481 e. The molecule has 15 heavy (non-hydrogen) atoms. The van der Waals surface area contributed by atoms with Gasteiger partial charge in [0.1, 0.15) is 5.82 Å². The van der Waals surface area contributed by atoms with Gasteiger partial charge in [0.05, 0.1) is 6.42 Å². The van der Waals surface area contributed by atoms with Crippen LogP contribution in [-0.4, -0.2) is 20.6 Å². The van der Waals surface area contributed by atoms with Crippen LogP contribution >= 0.6 is 0 Å². The Morgan fingerprint density at radius 2 is 2.27 bits per heavy atom. The summed E-state index contributed by atoms with van der Waals surface area (Å²) in [5, 5.41) is 8.63. The van der Waals surface area contributed by atoms with Crippen molar-refractivity contribution >= 4 is 5.97 Å². The Morgan fingerprint density at radius 3 is 2.93 bits per heavy atom. The van der Waals surface area contributed by atoms with Gasteiger partial charge in [0.2, 0.25) is 0 Å². The Kier molecular flexibility index (Phi) is 3.04. The summed E-state index contributed by atoms with van der Waals surface area (Å²) in [6, 6.07) is 0. The van der Waals surface area contributed by atoms with Gasteiger partial charge in [0.15, 0.2) is 0 Å². The zero-order chi connectivity index (χ0) is 10.7. The van der Waals surface area contributed by atoms with Crippen LogP contribution in [0.25, 0.3) is 0 Å². The molecule has 4 heteroatoms. The highest BCUT2D eigenvalue weighted by molar-refractivity contribution is 5.66. The molecular formula is C11H16N2O2. The van der Waals surface area contributed by atoms with Crippen LogP contribution in [0.4, 0.5) is 0 Å². The molecule has 0 atom stereocenters. The third kappa shape index (κ3) is 2.37. The maximum absolute atomic E-state index is 10.5. The summed E-state index contributed by atoms with van der Waals surface area (Å²) in [4.78, 5) is 14.8. The molecule has 1 aliphatic carbocycles. The summed E-state index contributed by atoms with van der Waals surface area (Å²) in [6.45, 7) is 0.543. The predicted octanol–water partition coefficient (Wildman–Crippen LogP) is 2.02. The van der Waals surface area contributed by atoms with E-state index in [-0.39, 0.29) is 6.42 Å². The molecule has 2 rings (SSSR count). The summed E-state index contributed by atoms with van der Waals surface area (Å²) in [5.41, 5.74) is 0. The van der Waals surface area contributed by atoms with E-state index >= 15 is 0 Å². The molecule has 0 aliphatic heterocycles. The summed E-state index contributed by atoms with van der Waals surface area (Å²) in [5.74, 6) is 0.878. The van der Waals surface area contributed by atoms with Crippen LogP contribution in [0.2, 0.25) is 0 Å². The third-order valence-electron chi connectivity index (χ3n) is 3.03. The minimum Gasteiger partial charge on any atom is -0.481 e. The van der Waals surface area contributed by atoms with Crippen LogP contribution in [0, 0.1) is 0 Å². The fourth-order valence-electron chi connectivity index (χ4n) is 2.27. The smallest absolute Gasteiger partial charge is 0.305 e. The minimum absolute atomic E-state index is 0.177. The van der Waals surface area contributed by atoms with Crippen molar-refractivity contribution in [3.05, 3.63) is 18.2 Å². The zero-order valence-corrected chi connectivity index (χ0v) is 8.72. The average molecular weight is 208 g/mol. The molecule has 0 aromatic carbocycles. The van der Waals surface area contributed by atoms with Crippen molar-refractivity contribution < 1.29 is 9.90 Å². The number of hydrogen-bond acceptors (Lipinski definition) is 2. The molecule has 0 bridgehead atoms. The van der Waals surface area contributed by atoms with Gasteiger partial charge in [-0.05, 0) is 12.8 Å². The number of aromatic nitrogens is 2. The van der Waals surface area contributed by atoms with E-state index < -0.39 is 5.97 Å². The molecule has 1 saturated carbocycles. The molecule has 1 fully saturated rings. The van der Waals surface area contributed by atoms with Crippen molar-refractivity contribution in [3.63, 3.8) is 0 Å². The van der Waals surface area contributed by atoms with Crippen LogP contribution in [-0.2, 0) is 11.3 Å². The van der Waals surface area contributed by atoms with E-state index in [9.17, 15) is 4.79 Å². The number of nitrogens with zero attached hydrogens (tertiary/aromatic N) is 2. The van der Waals surface area contributed by atoms with Gasteiger partial charge in [0.25, 0.3) is 0 Å². The van der Waals surface area contributed by atoms with Crippen molar-refractivity contribution in [2.24, 2.45) is 0 Å². The number of aliphatic carboxylic acids is 1. The molecule has 1 heterocycles. The maximum atomic E-state index is 10.5. The number of carboxylic acid groups (broad SMARTS) is 1. The summed E-state index contributed by atoms with van der Waals surface area (Å²) < 4.78 is 1.99. The van der Waals surface area contributed by atoms with Crippen LogP contribution < -0.4 is 0 Å². The lowest BCUT2D eigenvalue weighted by atomic mass is 10.1. The van der Waals surface area contributed by atoms with E-state index in [0.29, 0.717) is 12.5 Å². The third-order valence-corrected chi connectivity index (χ3v) is 3.03. The van der Waals surface area contributed by atoms with Gasteiger partial charge in [-0.2, -0.15) is 0 Å². The van der Waals surface area contributed by atoms with Gasteiger partial charge in [-0.3, -0.25) is 4.79 Å². The summed E-state index contributed by atoms with van der Waals surface area (Å²) in [7, 11) is 0. The Bertz CT molecular complexity index is 340. The van der Waals surface area contributed by atoms with Crippen molar-refractivity contribution in [1.82, 2.24) is 9.55 Å². The number of aryl methyl sites for hydroxylation is 1. The Labute approximate surface area is 88.9 Å². The number of hydrogen-bond donors (Lipinski definition) is 1. The summed E-state index contributed by atoms with van der Waals surface area (Å²) >= 11 is 0. The standard InChI is InChI=1S/C11H16N2O2/c14-10(15)5-7-13-8-6-12-11(13)9-3-1-2-4-9/h6,8-9H,1-5,7H2,(H,14,15). The molecule has 1 aromatic rings. The van der Waals surface area contributed by atoms with Crippen LogP contribution in [0.3, 0.4) is 0 Å². The predicted molar refractivity (Wildman–Crippen MR) is 55.7 cm³/mol. The second-order valence-corrected chi connectivity index (χ2v) is 4.10. The quantitative estimate of drug-likeness (QED) is 0.823. The molecule has 0 saturated heterocycles. The first-order valence-electron chi connectivity index (χ1n) is 5.50. The Balaban J connectivity index is 2.04. The molecule has 82 valence electrons. The van der Waals surface area contributed by atoms with E-state index in [1.165, 1.54) is 25.7 Å². The molecule has 1 aliphatic rings. The average Bonchev–Trinajstić information content (AvgIpc) is 2.85. The van der Waals surface area contributed by atoms with E-state index in [2.05, 4.69) is 4.98 Å². The van der Waals surface area contributed by atoms with Crippen LogP contribution in [0.5, 0.6) is 0 Å². The van der Waals surface area contributed by atoms with Gasteiger partial charge in [-0.25, -0.2) is 4.98 Å². The van der Waals surface area contributed by atoms with Crippen molar-refractivity contribution in [2.75, 3.05) is 0 Å². The molecule has 4 nitrogen and oxygen atoms in total. The number of rotatable bonds is 4. The lowest BCUT2D eigenvalue weighted by Crippen LogP contribution is -2.09. The van der Waals surface area contributed by atoms with E-state index in [1.807, 2.05) is 10.8 Å². The number of carboxylic acids is 1. The molecule has 0 radical (unpaired) electrons. The molecular weight excluding hydrogens is 192 g/mol. The SMILES string of the molecule is O=C(O)CCn1ccnc1C1CCCC1. The number of carbonyl (C=O) groups is 1. The van der Waals surface area contributed by atoms with Crippen molar-refractivity contribution in [3.8, 4) is 0 Å². The molecule has 1 aromatic heterocycles. The molecule has 0 spiro atoms. The highest BCUT2D eigenvalue weighted by Crippen LogP contribution is 2.32. The first-order valence-corrected chi connectivity index (χ1v) is 5.50. The van der Waals surface area contributed by atoms with Gasteiger partial charge >= 0.3 is 5.97 Å². The van der Waals surface area contributed by atoms with Gasteiger partial charge in [-0.15, -0.1) is 0 Å². The van der Waals surface area contributed by atoms with E-state index in [4.69, 9.17) is 5.11 Å². The normalized spacial score (nSPS) is 17.1. The lowest BCUT2D eigenvalue weighted by Gasteiger charge is -2.11. The second kappa shape index (κ2) is 4.47. The zero-order valence-electron chi connectivity index (χ0n) is 8.72. The van der Waals surface area contributed by atoms with Gasteiger partial charge < -0.3 is 9.67 Å². The fourth-order valence-corrected chi connectivity index (χ4v) is 2.27. The fraction of sp³-hybridized carbons (Fsp3) is 0.636. The summed E-state index contributed by atoms with van der Waals surface area (Å²) in [6.07, 6.45) is 8.78. The second-order valence-electron chi connectivity index (χ2n) is 4.10. The Morgan fingerprint density at radius 1 is 1.53 bits per heavy atom. The van der Waals surface area contributed by atoms with Gasteiger partial charge in [0, 0.05) is 24.9 Å². The molecule has 0 unspecified atom stereocenters. The van der Waals surface area contributed by atoms with Crippen LogP contribution in [0.15, 0.2) is 12.4 Å². The van der Waals surface area contributed by atoms with E-state index in [1.54, 1.807) is 6.20 Å². The van der Waals surface area contributed by atoms with Crippen molar-refractivity contribution in [1.29, 1.82) is 0 Å². The van der Waals surface area contributed by atoms with E-state index in [0.717, 1.165) is 5.82 Å². The molecule has 0 amide bonds. The first-order chi connectivity index (χ1) is 7.27. The maximum Gasteiger partial charge on any atom is 0.305 e. The van der Waals surface area contributed by atoms with Crippen LogP contribution in [0.1, 0.15) is 43.8 Å². The lowest BCUT2D eigenvalue weighted by molar-refractivity contribution is -0.137. The van der Waals surface area contributed by atoms with Crippen molar-refractivity contribution in [2.45, 2.75) is 44.6 Å². The highest BCUT2D eigenvalue weighted by atomic mass is 16.4.